The Kier molecular flexibility index (Phi) is 4.43. The van der Waals surface area contributed by atoms with E-state index in [0.29, 0.717) is 85.1 Å². The summed E-state index contributed by atoms with van der Waals surface area (Å²) in [6.07, 6.45) is 0. The third kappa shape index (κ3) is 3.27. The van der Waals surface area contributed by atoms with Crippen LogP contribution in [0.5, 0.6) is 11.5 Å². The maximum absolute atomic E-state index is 10.8. The predicted molar refractivity (Wildman–Crippen MR) is 136 cm³/mol. The summed E-state index contributed by atoms with van der Waals surface area (Å²) in [5, 5.41) is 0. The molecule has 0 saturated carbocycles. The fraction of sp³-hybridized carbons (Fsp3) is 0.0370. The van der Waals surface area contributed by atoms with Crippen molar-refractivity contribution in [1.29, 1.82) is 0 Å². The molecule has 0 radical (unpaired) electrons. The smallest absolute Gasteiger partial charge is 0.298 e. The first-order valence-corrected chi connectivity index (χ1v) is 11.2. The number of carbonyl (C=O) groups is 2. The highest BCUT2D eigenvalue weighted by Gasteiger charge is 2.19. The average molecular weight is 486 g/mol. The summed E-state index contributed by atoms with van der Waals surface area (Å²) in [7, 11) is 0. The molecule has 10 heteroatoms. The van der Waals surface area contributed by atoms with Crippen molar-refractivity contribution in [3.8, 4) is 11.5 Å². The zero-order chi connectivity index (χ0) is 25.1. The molecular formula is C27H14N6O4. The van der Waals surface area contributed by atoms with Gasteiger partial charge in [0.2, 0.25) is 0 Å². The molecule has 4 aromatic carbocycles. The lowest BCUT2D eigenvalue weighted by Crippen LogP contribution is -1.99. The van der Waals surface area contributed by atoms with Gasteiger partial charge in [-0.15, -0.1) is 0 Å². The number of ether oxygens (including phenoxy) is 2. The molecule has 0 fully saturated rings. The monoisotopic (exact) mass is 486 g/mol. The van der Waals surface area contributed by atoms with Crippen LogP contribution in [-0.2, 0) is 9.59 Å². The van der Waals surface area contributed by atoms with Crippen LogP contribution in [0.25, 0.3) is 66.2 Å². The minimum atomic E-state index is 0.349. The molecule has 0 aliphatic carbocycles. The molecule has 3 aromatic heterocycles. The summed E-state index contributed by atoms with van der Waals surface area (Å²) in [6.45, 7) is 2.72. The maximum atomic E-state index is 10.8. The number of hydrogen-bond acceptors (Lipinski definition) is 10. The molecule has 7 rings (SSSR count). The number of aryl methyl sites for hydroxylation is 1. The van der Waals surface area contributed by atoms with E-state index in [4.69, 9.17) is 39.4 Å². The van der Waals surface area contributed by atoms with Gasteiger partial charge in [0.25, 0.3) is 12.9 Å². The van der Waals surface area contributed by atoms with E-state index in [0.717, 1.165) is 11.1 Å². The Balaban J connectivity index is 1.68. The van der Waals surface area contributed by atoms with Crippen LogP contribution in [-0.4, -0.2) is 42.8 Å². The van der Waals surface area contributed by atoms with Gasteiger partial charge in [0.05, 0.1) is 33.1 Å². The lowest BCUT2D eigenvalue weighted by molar-refractivity contribution is -0.121. The predicted octanol–water partition coefficient (Wildman–Crippen LogP) is 4.35. The SMILES string of the molecule is Cc1ccc2nc3c(nc2c1)c1nc2ccc(OC=O)cc2nc1c1nc2ccc(OC=O)cc2nc31. The number of nitrogens with zero attached hydrogens (tertiary/aromatic N) is 6. The third-order valence-electron chi connectivity index (χ3n) is 6.13. The lowest BCUT2D eigenvalue weighted by Gasteiger charge is -2.11. The number of rotatable bonds is 4. The van der Waals surface area contributed by atoms with Gasteiger partial charge < -0.3 is 9.47 Å². The van der Waals surface area contributed by atoms with Gasteiger partial charge in [-0.1, -0.05) is 6.07 Å². The minimum absolute atomic E-state index is 0.349. The number of aromatic nitrogens is 6. The van der Waals surface area contributed by atoms with Crippen LogP contribution in [0.4, 0.5) is 0 Å². The number of carbonyl (C=O) groups excluding carboxylic acids is 2. The molecule has 0 unspecified atom stereocenters. The first-order chi connectivity index (χ1) is 18.1. The highest BCUT2D eigenvalue weighted by atomic mass is 16.5. The average Bonchev–Trinajstić information content (AvgIpc) is 2.91. The summed E-state index contributed by atoms with van der Waals surface area (Å²) < 4.78 is 9.99. The van der Waals surface area contributed by atoms with Gasteiger partial charge in [-0.3, -0.25) is 9.59 Å². The van der Waals surface area contributed by atoms with Crippen molar-refractivity contribution >= 4 is 79.1 Å². The van der Waals surface area contributed by atoms with Crippen molar-refractivity contribution in [2.75, 3.05) is 0 Å². The molecule has 0 spiro atoms. The molecule has 0 aliphatic heterocycles. The number of fused-ring (bicyclic) bond motifs is 9. The first-order valence-electron chi connectivity index (χ1n) is 11.2. The van der Waals surface area contributed by atoms with E-state index in [1.54, 1.807) is 36.4 Å². The highest BCUT2D eigenvalue weighted by molar-refractivity contribution is 6.21. The standard InChI is InChI=1S/C27H14N6O4/c1-13-2-5-16-19(8-13)31-25-22(28-16)26-24(30-18-7-4-15(37-12-35)10-21(18)32-26)27-23(25)29-17-6-3-14(36-11-34)9-20(17)33-27/h2-12H,1H3. The van der Waals surface area contributed by atoms with Crippen molar-refractivity contribution in [2.45, 2.75) is 6.92 Å². The Morgan fingerprint density at radius 2 is 0.838 bits per heavy atom. The Bertz CT molecular complexity index is 2060. The largest absolute Gasteiger partial charge is 0.429 e. The van der Waals surface area contributed by atoms with Crippen LogP contribution in [0.2, 0.25) is 0 Å². The van der Waals surface area contributed by atoms with Crippen molar-refractivity contribution < 1.29 is 19.1 Å². The molecule has 37 heavy (non-hydrogen) atoms. The first kappa shape index (κ1) is 20.9. The minimum Gasteiger partial charge on any atom is -0.429 e. The van der Waals surface area contributed by atoms with E-state index in [1.807, 2.05) is 25.1 Å². The van der Waals surface area contributed by atoms with Crippen LogP contribution in [0.1, 0.15) is 5.56 Å². The zero-order valence-electron chi connectivity index (χ0n) is 19.2. The van der Waals surface area contributed by atoms with Crippen molar-refractivity contribution in [3.63, 3.8) is 0 Å². The van der Waals surface area contributed by atoms with Gasteiger partial charge in [0.1, 0.15) is 44.6 Å². The van der Waals surface area contributed by atoms with E-state index in [1.165, 1.54) is 0 Å². The molecule has 0 amide bonds. The topological polar surface area (TPSA) is 130 Å². The van der Waals surface area contributed by atoms with Gasteiger partial charge in [-0.2, -0.15) is 0 Å². The molecular weight excluding hydrogens is 472 g/mol. The molecule has 10 nitrogen and oxygen atoms in total. The van der Waals surface area contributed by atoms with Gasteiger partial charge in [-0.05, 0) is 48.9 Å². The van der Waals surface area contributed by atoms with E-state index >= 15 is 0 Å². The molecule has 0 N–H and O–H groups in total. The Morgan fingerprint density at radius 3 is 1.24 bits per heavy atom. The van der Waals surface area contributed by atoms with E-state index in [2.05, 4.69) is 0 Å². The molecule has 0 aliphatic rings. The van der Waals surface area contributed by atoms with Gasteiger partial charge >= 0.3 is 0 Å². The summed E-state index contributed by atoms with van der Waals surface area (Å²) in [4.78, 5) is 50.9. The summed E-state index contributed by atoms with van der Waals surface area (Å²) in [5.41, 5.74) is 7.79. The Hall–Kier alpha value is -5.38. The second kappa shape index (κ2) is 7.82. The second-order valence-corrected chi connectivity index (χ2v) is 8.48. The summed E-state index contributed by atoms with van der Waals surface area (Å²) in [6, 6.07) is 15.9. The van der Waals surface area contributed by atoms with E-state index in [-0.39, 0.29) is 0 Å². The van der Waals surface area contributed by atoms with Gasteiger partial charge in [0.15, 0.2) is 0 Å². The third-order valence-corrected chi connectivity index (χ3v) is 6.13. The van der Waals surface area contributed by atoms with Crippen LogP contribution in [0, 0.1) is 6.92 Å². The van der Waals surface area contributed by atoms with Crippen LogP contribution in [0.3, 0.4) is 0 Å². The fourth-order valence-corrected chi connectivity index (χ4v) is 4.48. The highest BCUT2D eigenvalue weighted by Crippen LogP contribution is 2.34. The van der Waals surface area contributed by atoms with Crippen LogP contribution >= 0.6 is 0 Å². The number of benzene rings is 4. The van der Waals surface area contributed by atoms with Crippen molar-refractivity contribution in [2.24, 2.45) is 0 Å². The van der Waals surface area contributed by atoms with Gasteiger partial charge in [-0.25, -0.2) is 29.9 Å². The van der Waals surface area contributed by atoms with Crippen molar-refractivity contribution in [3.05, 3.63) is 60.2 Å². The Morgan fingerprint density at radius 1 is 0.486 bits per heavy atom. The molecule has 176 valence electrons. The van der Waals surface area contributed by atoms with E-state index < -0.39 is 0 Å². The van der Waals surface area contributed by atoms with Gasteiger partial charge in [0, 0.05) is 12.1 Å². The number of hydrogen-bond donors (Lipinski definition) is 0. The Labute approximate surface area is 206 Å². The summed E-state index contributed by atoms with van der Waals surface area (Å²) in [5.74, 6) is 0.698. The van der Waals surface area contributed by atoms with Crippen LogP contribution in [0.15, 0.2) is 54.6 Å². The molecule has 0 saturated heterocycles. The normalized spacial score (nSPS) is 11.6. The maximum Gasteiger partial charge on any atom is 0.298 e. The second-order valence-electron chi connectivity index (χ2n) is 8.48. The molecule has 0 bridgehead atoms. The lowest BCUT2D eigenvalue weighted by atomic mass is 10.1. The van der Waals surface area contributed by atoms with E-state index in [9.17, 15) is 9.59 Å². The molecule has 3 heterocycles. The molecule has 7 aromatic rings. The fourth-order valence-electron chi connectivity index (χ4n) is 4.48. The quantitative estimate of drug-likeness (QED) is 0.201. The molecule has 0 atom stereocenters. The summed E-state index contributed by atoms with van der Waals surface area (Å²) >= 11 is 0. The van der Waals surface area contributed by atoms with Crippen molar-refractivity contribution in [1.82, 2.24) is 29.9 Å². The van der Waals surface area contributed by atoms with Crippen LogP contribution < -0.4 is 9.47 Å². The zero-order valence-corrected chi connectivity index (χ0v) is 19.2.